The molecule has 1 amide bonds. The number of rotatable bonds is 3. The van der Waals surface area contributed by atoms with E-state index >= 15 is 0 Å². The van der Waals surface area contributed by atoms with Crippen molar-refractivity contribution in [3.63, 3.8) is 0 Å². The van der Waals surface area contributed by atoms with Gasteiger partial charge in [-0.2, -0.15) is 18.4 Å². The van der Waals surface area contributed by atoms with Gasteiger partial charge in [0.2, 0.25) is 0 Å². The summed E-state index contributed by atoms with van der Waals surface area (Å²) in [7, 11) is 0. The molecule has 124 valence electrons. The Morgan fingerprint density at radius 3 is 2.48 bits per heavy atom. The van der Waals surface area contributed by atoms with Crippen molar-refractivity contribution in [2.24, 2.45) is 0 Å². The lowest BCUT2D eigenvalue weighted by atomic mass is 9.93. The lowest BCUT2D eigenvalue weighted by Gasteiger charge is -2.29. The van der Waals surface area contributed by atoms with Gasteiger partial charge in [0.25, 0.3) is 0 Å². The lowest BCUT2D eigenvalue weighted by molar-refractivity contribution is -0.137. The molecule has 0 heterocycles. The molecule has 1 aromatic rings. The summed E-state index contributed by atoms with van der Waals surface area (Å²) in [6, 6.07) is 4.63. The van der Waals surface area contributed by atoms with Gasteiger partial charge in [0.05, 0.1) is 23.3 Å². The Kier molecular flexibility index (Phi) is 4.98. The van der Waals surface area contributed by atoms with Gasteiger partial charge in [-0.1, -0.05) is 0 Å². The van der Waals surface area contributed by atoms with Crippen LogP contribution in [0, 0.1) is 11.3 Å². The van der Waals surface area contributed by atoms with Gasteiger partial charge in [0.1, 0.15) is 5.75 Å². The molecule has 1 fully saturated rings. The molecule has 0 unspecified atom stereocenters. The normalized spacial score (nSPS) is 21.3. The molecular formula is C15H15F3N2O3. The van der Waals surface area contributed by atoms with Crippen LogP contribution in [0.3, 0.4) is 0 Å². The Hall–Kier alpha value is -2.43. The highest BCUT2D eigenvalue weighted by Crippen LogP contribution is 2.35. The van der Waals surface area contributed by atoms with Crippen molar-refractivity contribution >= 4 is 6.09 Å². The summed E-state index contributed by atoms with van der Waals surface area (Å²) >= 11 is 0. The van der Waals surface area contributed by atoms with E-state index in [0.717, 1.165) is 12.1 Å². The average molecular weight is 328 g/mol. The summed E-state index contributed by atoms with van der Waals surface area (Å²) in [6.45, 7) is 0. The van der Waals surface area contributed by atoms with E-state index in [-0.39, 0.29) is 17.9 Å². The SMILES string of the molecule is N#Cc1ccc(O[C@H]2CC[C@H](NC(=O)O)CC2)cc1C(F)(F)F. The van der Waals surface area contributed by atoms with Gasteiger partial charge in [-0.25, -0.2) is 4.79 Å². The van der Waals surface area contributed by atoms with Gasteiger partial charge >= 0.3 is 12.3 Å². The number of carbonyl (C=O) groups is 1. The van der Waals surface area contributed by atoms with Crippen LogP contribution in [0.4, 0.5) is 18.0 Å². The smallest absolute Gasteiger partial charge is 0.417 e. The highest BCUT2D eigenvalue weighted by molar-refractivity contribution is 5.64. The minimum absolute atomic E-state index is 0.0611. The van der Waals surface area contributed by atoms with Crippen molar-refractivity contribution in [2.45, 2.75) is 44.0 Å². The molecule has 0 radical (unpaired) electrons. The number of hydrogen-bond acceptors (Lipinski definition) is 3. The summed E-state index contributed by atoms with van der Waals surface area (Å²) in [6.07, 6.45) is -3.74. The predicted molar refractivity (Wildman–Crippen MR) is 74.0 cm³/mol. The first-order valence-corrected chi connectivity index (χ1v) is 7.07. The predicted octanol–water partition coefficient (Wildman–Crippen LogP) is 3.53. The van der Waals surface area contributed by atoms with Crippen molar-refractivity contribution < 1.29 is 27.8 Å². The van der Waals surface area contributed by atoms with Gasteiger partial charge in [0.15, 0.2) is 0 Å². The molecule has 23 heavy (non-hydrogen) atoms. The van der Waals surface area contributed by atoms with E-state index in [1.165, 1.54) is 12.1 Å². The zero-order chi connectivity index (χ0) is 17.0. The minimum Gasteiger partial charge on any atom is -0.490 e. The van der Waals surface area contributed by atoms with E-state index in [4.69, 9.17) is 15.1 Å². The molecule has 1 saturated carbocycles. The molecular weight excluding hydrogens is 313 g/mol. The number of hydrogen-bond donors (Lipinski definition) is 2. The number of carboxylic acid groups (broad SMARTS) is 1. The Balaban J connectivity index is 2.02. The number of nitrogens with one attached hydrogen (secondary N) is 1. The van der Waals surface area contributed by atoms with Crippen LogP contribution in [0.2, 0.25) is 0 Å². The van der Waals surface area contributed by atoms with E-state index in [1.54, 1.807) is 0 Å². The van der Waals surface area contributed by atoms with E-state index in [0.29, 0.717) is 25.7 Å². The molecule has 5 nitrogen and oxygen atoms in total. The Morgan fingerprint density at radius 2 is 1.96 bits per heavy atom. The Labute approximate surface area is 130 Å². The van der Waals surface area contributed by atoms with Gasteiger partial charge in [-0.15, -0.1) is 0 Å². The lowest BCUT2D eigenvalue weighted by Crippen LogP contribution is -2.38. The molecule has 8 heteroatoms. The minimum atomic E-state index is -4.62. The van der Waals surface area contributed by atoms with Crippen molar-refractivity contribution in [1.82, 2.24) is 5.32 Å². The molecule has 1 aliphatic carbocycles. The van der Waals surface area contributed by atoms with Crippen LogP contribution in [0.1, 0.15) is 36.8 Å². The van der Waals surface area contributed by atoms with E-state index in [9.17, 15) is 18.0 Å². The first kappa shape index (κ1) is 16.9. The highest BCUT2D eigenvalue weighted by atomic mass is 19.4. The second-order valence-corrected chi connectivity index (χ2v) is 5.36. The summed E-state index contributed by atoms with van der Waals surface area (Å²) in [5.74, 6) is 0.0611. The molecule has 0 aliphatic heterocycles. The number of halogens is 3. The number of nitriles is 1. The fraction of sp³-hybridized carbons (Fsp3) is 0.467. The first-order chi connectivity index (χ1) is 10.8. The summed E-state index contributed by atoms with van der Waals surface area (Å²) in [5, 5.41) is 19.8. The van der Waals surface area contributed by atoms with E-state index < -0.39 is 23.4 Å². The molecule has 0 aromatic heterocycles. The maximum Gasteiger partial charge on any atom is 0.417 e. The molecule has 0 spiro atoms. The molecule has 2 N–H and O–H groups in total. The van der Waals surface area contributed by atoms with Crippen LogP contribution in [-0.2, 0) is 6.18 Å². The molecule has 0 bridgehead atoms. The summed E-state index contributed by atoms with van der Waals surface area (Å²) < 4.78 is 44.2. The maximum absolute atomic E-state index is 12.9. The van der Waals surface area contributed by atoms with Crippen molar-refractivity contribution in [2.75, 3.05) is 0 Å². The van der Waals surface area contributed by atoms with E-state index in [2.05, 4.69) is 5.32 Å². The Bertz CT molecular complexity index is 617. The number of nitrogens with zero attached hydrogens (tertiary/aromatic N) is 1. The fourth-order valence-electron chi connectivity index (χ4n) is 2.62. The topological polar surface area (TPSA) is 82.3 Å². The van der Waals surface area contributed by atoms with Crippen LogP contribution in [-0.4, -0.2) is 23.3 Å². The zero-order valence-electron chi connectivity index (χ0n) is 12.1. The van der Waals surface area contributed by atoms with Gasteiger partial charge < -0.3 is 15.2 Å². The molecule has 1 aromatic carbocycles. The average Bonchev–Trinajstić information content (AvgIpc) is 2.48. The third-order valence-electron chi connectivity index (χ3n) is 3.72. The molecule has 0 saturated heterocycles. The number of benzene rings is 1. The second kappa shape index (κ2) is 6.77. The largest absolute Gasteiger partial charge is 0.490 e. The number of ether oxygens (including phenoxy) is 1. The van der Waals surface area contributed by atoms with Gasteiger partial charge in [-0.3, -0.25) is 0 Å². The molecule has 0 atom stereocenters. The summed E-state index contributed by atoms with van der Waals surface area (Å²) in [5.41, 5.74) is -1.46. The number of alkyl halides is 3. The van der Waals surface area contributed by atoms with Gasteiger partial charge in [0, 0.05) is 6.04 Å². The third-order valence-corrected chi connectivity index (χ3v) is 3.72. The van der Waals surface area contributed by atoms with Crippen molar-refractivity contribution in [1.29, 1.82) is 5.26 Å². The van der Waals surface area contributed by atoms with Crippen LogP contribution < -0.4 is 10.1 Å². The zero-order valence-corrected chi connectivity index (χ0v) is 12.1. The quantitative estimate of drug-likeness (QED) is 0.889. The monoisotopic (exact) mass is 328 g/mol. The first-order valence-electron chi connectivity index (χ1n) is 7.07. The van der Waals surface area contributed by atoms with Crippen LogP contribution in [0.5, 0.6) is 5.75 Å². The Morgan fingerprint density at radius 1 is 1.30 bits per heavy atom. The van der Waals surface area contributed by atoms with E-state index in [1.807, 2.05) is 0 Å². The van der Waals surface area contributed by atoms with Crippen molar-refractivity contribution in [3.8, 4) is 11.8 Å². The number of amides is 1. The van der Waals surface area contributed by atoms with Crippen LogP contribution in [0.25, 0.3) is 0 Å². The summed E-state index contributed by atoms with van der Waals surface area (Å²) in [4.78, 5) is 10.6. The maximum atomic E-state index is 12.9. The standard InChI is InChI=1S/C15H15F3N2O3/c16-15(17,18)13-7-12(4-1-9(13)8-19)23-11-5-2-10(3-6-11)20-14(21)22/h1,4,7,10-11,20H,2-3,5-6H2,(H,21,22)/t10-,11-. The molecule has 1 aliphatic rings. The van der Waals surface area contributed by atoms with Crippen LogP contribution in [0.15, 0.2) is 18.2 Å². The molecule has 2 rings (SSSR count). The third kappa shape index (κ3) is 4.52. The highest BCUT2D eigenvalue weighted by Gasteiger charge is 2.34. The van der Waals surface area contributed by atoms with Gasteiger partial charge in [-0.05, 0) is 43.9 Å². The van der Waals surface area contributed by atoms with Crippen LogP contribution >= 0.6 is 0 Å². The second-order valence-electron chi connectivity index (χ2n) is 5.36. The fourth-order valence-corrected chi connectivity index (χ4v) is 2.62. The van der Waals surface area contributed by atoms with Crippen molar-refractivity contribution in [3.05, 3.63) is 29.3 Å².